The van der Waals surface area contributed by atoms with Gasteiger partial charge in [0, 0.05) is 32.7 Å². The SMILES string of the molecule is O=C(Nc1noc2ccccc12)N1CCN(Cc2ccc(OC(F)(F)F)cc2)CC1. The van der Waals surface area contributed by atoms with Crippen LogP contribution in [0.15, 0.2) is 53.1 Å². The first-order valence-electron chi connectivity index (χ1n) is 9.35. The molecule has 0 spiro atoms. The molecular formula is C20H19F3N4O3. The Morgan fingerprint density at radius 1 is 1.07 bits per heavy atom. The van der Waals surface area contributed by atoms with Gasteiger partial charge in [-0.05, 0) is 29.8 Å². The second kappa shape index (κ2) is 8.23. The molecule has 1 aliphatic rings. The number of nitrogens with zero attached hydrogens (tertiary/aromatic N) is 3. The number of aromatic nitrogens is 1. The van der Waals surface area contributed by atoms with E-state index in [1.807, 2.05) is 18.2 Å². The molecule has 3 aromatic rings. The quantitative estimate of drug-likeness (QED) is 0.689. The van der Waals surface area contributed by atoms with E-state index in [1.165, 1.54) is 12.1 Å². The van der Waals surface area contributed by atoms with Crippen LogP contribution in [-0.4, -0.2) is 53.5 Å². The predicted molar refractivity (Wildman–Crippen MR) is 103 cm³/mol. The van der Waals surface area contributed by atoms with Crippen molar-refractivity contribution in [3.8, 4) is 5.75 Å². The number of amides is 2. The summed E-state index contributed by atoms with van der Waals surface area (Å²) in [6.45, 7) is 2.92. The number of benzene rings is 2. The van der Waals surface area contributed by atoms with Crippen molar-refractivity contribution in [2.24, 2.45) is 0 Å². The Morgan fingerprint density at radius 3 is 2.47 bits per heavy atom. The molecule has 0 aliphatic carbocycles. The number of fused-ring (bicyclic) bond motifs is 1. The summed E-state index contributed by atoms with van der Waals surface area (Å²) in [7, 11) is 0. The van der Waals surface area contributed by atoms with Gasteiger partial charge in [-0.1, -0.05) is 29.4 Å². The van der Waals surface area contributed by atoms with Gasteiger partial charge >= 0.3 is 12.4 Å². The normalized spacial score (nSPS) is 15.4. The minimum Gasteiger partial charge on any atom is -0.406 e. The molecule has 158 valence electrons. The molecule has 4 rings (SSSR count). The van der Waals surface area contributed by atoms with Crippen LogP contribution in [0.2, 0.25) is 0 Å². The fraction of sp³-hybridized carbons (Fsp3) is 0.300. The number of para-hydroxylation sites is 1. The number of piperazine rings is 1. The van der Waals surface area contributed by atoms with Crippen LogP contribution < -0.4 is 10.1 Å². The van der Waals surface area contributed by atoms with Gasteiger partial charge in [0.25, 0.3) is 0 Å². The number of ether oxygens (including phenoxy) is 1. The first-order chi connectivity index (χ1) is 14.4. The van der Waals surface area contributed by atoms with Crippen LogP contribution in [0.4, 0.5) is 23.8 Å². The molecule has 0 saturated carbocycles. The van der Waals surface area contributed by atoms with E-state index in [-0.39, 0.29) is 11.8 Å². The third-order valence-electron chi connectivity index (χ3n) is 4.83. The van der Waals surface area contributed by atoms with E-state index >= 15 is 0 Å². The highest BCUT2D eigenvalue weighted by Gasteiger charge is 2.31. The van der Waals surface area contributed by atoms with E-state index in [2.05, 4.69) is 20.1 Å². The third kappa shape index (κ3) is 4.82. The molecule has 0 atom stereocenters. The summed E-state index contributed by atoms with van der Waals surface area (Å²) < 4.78 is 45.8. The molecule has 0 radical (unpaired) electrons. The molecule has 0 unspecified atom stereocenters. The minimum atomic E-state index is -4.70. The number of nitrogens with one attached hydrogen (secondary N) is 1. The van der Waals surface area contributed by atoms with Crippen molar-refractivity contribution in [3.63, 3.8) is 0 Å². The van der Waals surface area contributed by atoms with Crippen molar-refractivity contribution in [3.05, 3.63) is 54.1 Å². The average molecular weight is 420 g/mol. The lowest BCUT2D eigenvalue weighted by molar-refractivity contribution is -0.274. The number of halogens is 3. The van der Waals surface area contributed by atoms with Gasteiger partial charge in [-0.2, -0.15) is 0 Å². The third-order valence-corrected chi connectivity index (χ3v) is 4.83. The molecular weight excluding hydrogens is 401 g/mol. The van der Waals surface area contributed by atoms with Crippen molar-refractivity contribution in [1.29, 1.82) is 0 Å². The lowest BCUT2D eigenvalue weighted by Gasteiger charge is -2.34. The molecule has 1 N–H and O–H groups in total. The summed E-state index contributed by atoms with van der Waals surface area (Å²) in [6, 6.07) is 12.8. The lowest BCUT2D eigenvalue weighted by atomic mass is 10.2. The topological polar surface area (TPSA) is 70.8 Å². The second-order valence-electron chi connectivity index (χ2n) is 6.91. The molecule has 1 saturated heterocycles. The maximum Gasteiger partial charge on any atom is 0.573 e. The summed E-state index contributed by atoms with van der Waals surface area (Å²) >= 11 is 0. The molecule has 1 aromatic heterocycles. The fourth-order valence-corrected chi connectivity index (χ4v) is 3.32. The van der Waals surface area contributed by atoms with Gasteiger partial charge in [0.1, 0.15) is 5.75 Å². The Kier molecular flexibility index (Phi) is 5.49. The Morgan fingerprint density at radius 2 is 1.77 bits per heavy atom. The fourth-order valence-electron chi connectivity index (χ4n) is 3.32. The van der Waals surface area contributed by atoms with E-state index in [1.54, 1.807) is 23.1 Å². The Balaban J connectivity index is 1.28. The van der Waals surface area contributed by atoms with E-state index in [4.69, 9.17) is 4.52 Å². The van der Waals surface area contributed by atoms with Gasteiger partial charge in [-0.3, -0.25) is 10.2 Å². The highest BCUT2D eigenvalue weighted by atomic mass is 19.4. The number of anilines is 1. The van der Waals surface area contributed by atoms with Crippen molar-refractivity contribution in [2.75, 3.05) is 31.5 Å². The van der Waals surface area contributed by atoms with Crippen molar-refractivity contribution in [2.45, 2.75) is 12.9 Å². The van der Waals surface area contributed by atoms with E-state index in [0.29, 0.717) is 44.1 Å². The number of carbonyl (C=O) groups excluding carboxylic acids is 1. The van der Waals surface area contributed by atoms with Gasteiger partial charge < -0.3 is 14.2 Å². The van der Waals surface area contributed by atoms with E-state index < -0.39 is 6.36 Å². The first kappa shape index (κ1) is 20.0. The van der Waals surface area contributed by atoms with Gasteiger partial charge in [0.2, 0.25) is 0 Å². The summed E-state index contributed by atoms with van der Waals surface area (Å²) in [6.07, 6.45) is -4.70. The van der Waals surface area contributed by atoms with Crippen molar-refractivity contribution >= 4 is 22.8 Å². The number of rotatable bonds is 4. The molecule has 1 aliphatic heterocycles. The molecule has 0 bridgehead atoms. The van der Waals surface area contributed by atoms with Crippen LogP contribution in [-0.2, 0) is 6.54 Å². The number of alkyl halides is 3. The summed E-state index contributed by atoms with van der Waals surface area (Å²) in [5.41, 5.74) is 1.47. The Labute approximate surface area is 170 Å². The second-order valence-corrected chi connectivity index (χ2v) is 6.91. The highest BCUT2D eigenvalue weighted by Crippen LogP contribution is 2.24. The monoisotopic (exact) mass is 420 g/mol. The van der Waals surface area contributed by atoms with Crippen LogP contribution in [0.25, 0.3) is 11.0 Å². The zero-order valence-electron chi connectivity index (χ0n) is 15.9. The average Bonchev–Trinajstić information content (AvgIpc) is 3.12. The molecule has 10 heteroatoms. The summed E-state index contributed by atoms with van der Waals surface area (Å²) in [5, 5.41) is 7.43. The van der Waals surface area contributed by atoms with Gasteiger partial charge in [0.15, 0.2) is 11.4 Å². The predicted octanol–water partition coefficient (Wildman–Crippen LogP) is 4.08. The zero-order valence-corrected chi connectivity index (χ0v) is 15.9. The number of carbonyl (C=O) groups is 1. The Hall–Kier alpha value is -3.27. The van der Waals surface area contributed by atoms with Crippen LogP contribution in [0.3, 0.4) is 0 Å². The number of urea groups is 1. The zero-order chi connectivity index (χ0) is 21.1. The molecule has 7 nitrogen and oxygen atoms in total. The van der Waals surface area contributed by atoms with Crippen molar-refractivity contribution < 1.29 is 27.2 Å². The largest absolute Gasteiger partial charge is 0.573 e. The van der Waals surface area contributed by atoms with Gasteiger partial charge in [-0.25, -0.2) is 4.79 Å². The highest BCUT2D eigenvalue weighted by molar-refractivity contribution is 5.98. The standard InChI is InChI=1S/C20H19F3N4O3/c21-20(22,23)29-15-7-5-14(6-8-15)13-26-9-11-27(12-10-26)19(28)24-18-16-3-1-2-4-17(16)30-25-18/h1-8H,9-13H2,(H,24,25,28). The number of hydrogen-bond acceptors (Lipinski definition) is 5. The molecule has 1 fully saturated rings. The maximum atomic E-state index is 12.5. The lowest BCUT2D eigenvalue weighted by Crippen LogP contribution is -2.49. The summed E-state index contributed by atoms with van der Waals surface area (Å²) in [5.74, 6) is 0.146. The van der Waals surface area contributed by atoms with Crippen LogP contribution >= 0.6 is 0 Å². The smallest absolute Gasteiger partial charge is 0.406 e. The number of hydrogen-bond donors (Lipinski definition) is 1. The molecule has 2 aromatic carbocycles. The van der Waals surface area contributed by atoms with Gasteiger partial charge in [0.05, 0.1) is 5.39 Å². The van der Waals surface area contributed by atoms with Crippen LogP contribution in [0, 0.1) is 0 Å². The van der Waals surface area contributed by atoms with Crippen LogP contribution in [0.1, 0.15) is 5.56 Å². The van der Waals surface area contributed by atoms with E-state index in [9.17, 15) is 18.0 Å². The molecule has 30 heavy (non-hydrogen) atoms. The first-order valence-corrected chi connectivity index (χ1v) is 9.35. The molecule has 2 amide bonds. The Bertz CT molecular complexity index is 1010. The van der Waals surface area contributed by atoms with Crippen LogP contribution in [0.5, 0.6) is 5.75 Å². The molecule has 2 heterocycles. The minimum absolute atomic E-state index is 0.242. The van der Waals surface area contributed by atoms with Crippen molar-refractivity contribution in [1.82, 2.24) is 15.0 Å². The maximum absolute atomic E-state index is 12.5. The van der Waals surface area contributed by atoms with Gasteiger partial charge in [-0.15, -0.1) is 13.2 Å². The van der Waals surface area contributed by atoms with E-state index in [0.717, 1.165) is 10.9 Å². The summed E-state index contributed by atoms with van der Waals surface area (Å²) in [4.78, 5) is 16.4.